The van der Waals surface area contributed by atoms with E-state index in [1.165, 1.54) is 11.3 Å². The first-order valence-corrected chi connectivity index (χ1v) is 15.1. The van der Waals surface area contributed by atoms with Crippen molar-refractivity contribution in [2.75, 3.05) is 69.8 Å². The average molecular weight is 572 g/mol. The van der Waals surface area contributed by atoms with Gasteiger partial charge in [-0.1, -0.05) is 31.4 Å². The highest BCUT2D eigenvalue weighted by atomic mass is 32.1. The second-order valence-corrected chi connectivity index (χ2v) is 11.1. The molecule has 1 aliphatic carbocycles. The minimum absolute atomic E-state index is 0.0165. The molecule has 1 saturated heterocycles. The largest absolute Gasteiger partial charge is 0.492 e. The fourth-order valence-electron chi connectivity index (χ4n) is 5.31. The highest BCUT2D eigenvalue weighted by molar-refractivity contribution is 7.13. The smallest absolute Gasteiger partial charge is 0.245 e. The van der Waals surface area contributed by atoms with Crippen LogP contribution < -0.4 is 15.0 Å². The molecule has 0 spiro atoms. The van der Waals surface area contributed by atoms with Crippen LogP contribution in [0.25, 0.3) is 0 Å². The Bertz CT molecular complexity index is 1130. The minimum atomic E-state index is -0.295. The predicted octanol–water partition coefficient (Wildman–Crippen LogP) is 3.43. The van der Waals surface area contributed by atoms with Crippen LogP contribution in [0, 0.1) is 5.92 Å². The lowest BCUT2D eigenvalue weighted by atomic mass is 9.88. The molecule has 1 aliphatic heterocycles. The number of nitrogens with zero attached hydrogens (tertiary/aromatic N) is 4. The van der Waals surface area contributed by atoms with Gasteiger partial charge in [0.15, 0.2) is 5.13 Å². The normalized spacial score (nSPS) is 16.1. The highest BCUT2D eigenvalue weighted by Gasteiger charge is 2.28. The van der Waals surface area contributed by atoms with Crippen molar-refractivity contribution in [1.29, 1.82) is 0 Å². The molecule has 1 N–H and O–H groups in total. The van der Waals surface area contributed by atoms with Crippen molar-refractivity contribution in [2.45, 2.75) is 45.4 Å². The molecule has 2 aromatic rings. The van der Waals surface area contributed by atoms with Crippen LogP contribution in [0.15, 0.2) is 29.6 Å². The Labute approximate surface area is 240 Å². The van der Waals surface area contributed by atoms with Crippen LogP contribution in [-0.4, -0.2) is 92.1 Å². The lowest BCUT2D eigenvalue weighted by Gasteiger charge is -2.36. The first kappa shape index (κ1) is 29.8. The third kappa shape index (κ3) is 8.17. The molecule has 218 valence electrons. The van der Waals surface area contributed by atoms with Gasteiger partial charge >= 0.3 is 0 Å². The number of carbonyl (C=O) groups excluding carboxylic acids is 3. The van der Waals surface area contributed by atoms with Crippen molar-refractivity contribution in [2.24, 2.45) is 5.92 Å². The number of rotatable bonds is 12. The Balaban J connectivity index is 1.26. The third-order valence-electron chi connectivity index (χ3n) is 7.43. The average Bonchev–Trinajstić information content (AvgIpc) is 3.42. The summed E-state index contributed by atoms with van der Waals surface area (Å²) in [5, 5.41) is 5.05. The van der Waals surface area contributed by atoms with Gasteiger partial charge < -0.3 is 29.5 Å². The summed E-state index contributed by atoms with van der Waals surface area (Å²) in [5.74, 6) is 0.596. The van der Waals surface area contributed by atoms with Gasteiger partial charge in [0, 0.05) is 51.1 Å². The number of nitrogens with one attached hydrogen (secondary N) is 1. The zero-order valence-corrected chi connectivity index (χ0v) is 24.4. The molecule has 11 heteroatoms. The van der Waals surface area contributed by atoms with Crippen molar-refractivity contribution in [3.63, 3.8) is 0 Å². The maximum atomic E-state index is 13.0. The Morgan fingerprint density at radius 1 is 1.10 bits per heavy atom. The number of methoxy groups -OCH3 is 1. The maximum absolute atomic E-state index is 13.0. The van der Waals surface area contributed by atoms with E-state index in [0.29, 0.717) is 43.7 Å². The fourth-order valence-corrected chi connectivity index (χ4v) is 6.04. The van der Waals surface area contributed by atoms with Crippen LogP contribution in [0.5, 0.6) is 5.75 Å². The minimum Gasteiger partial charge on any atom is -0.492 e. The van der Waals surface area contributed by atoms with Crippen LogP contribution in [0.2, 0.25) is 0 Å². The van der Waals surface area contributed by atoms with Crippen molar-refractivity contribution in [3.8, 4) is 5.75 Å². The number of carbonyl (C=O) groups is 3. The number of anilines is 2. The van der Waals surface area contributed by atoms with Crippen molar-refractivity contribution in [1.82, 2.24) is 14.8 Å². The van der Waals surface area contributed by atoms with E-state index in [-0.39, 0.29) is 36.6 Å². The van der Waals surface area contributed by atoms with Crippen LogP contribution in [0.1, 0.15) is 44.7 Å². The Morgan fingerprint density at radius 2 is 1.85 bits per heavy atom. The summed E-state index contributed by atoms with van der Waals surface area (Å²) in [6.07, 6.45) is 5.21. The zero-order valence-electron chi connectivity index (χ0n) is 23.6. The van der Waals surface area contributed by atoms with Crippen LogP contribution >= 0.6 is 11.3 Å². The van der Waals surface area contributed by atoms with Crippen molar-refractivity contribution >= 4 is 39.9 Å². The molecule has 1 aromatic carbocycles. The number of aromatic nitrogens is 1. The van der Waals surface area contributed by atoms with Crippen LogP contribution in [-0.2, 0) is 25.5 Å². The Morgan fingerprint density at radius 3 is 2.58 bits per heavy atom. The van der Waals surface area contributed by atoms with Gasteiger partial charge in [-0.3, -0.25) is 14.4 Å². The monoisotopic (exact) mass is 571 g/mol. The lowest BCUT2D eigenvalue weighted by molar-refractivity contribution is -0.140. The molecule has 0 bridgehead atoms. The predicted molar refractivity (Wildman–Crippen MR) is 156 cm³/mol. The van der Waals surface area contributed by atoms with E-state index in [9.17, 15) is 14.4 Å². The summed E-state index contributed by atoms with van der Waals surface area (Å²) in [6.45, 7) is 6.00. The van der Waals surface area contributed by atoms with Gasteiger partial charge in [0.25, 0.3) is 0 Å². The molecule has 2 heterocycles. The SMILES string of the molecule is CCOc1ccccc1N1CCN(C(=O)Cc2csc(NC(=O)CN(CCOC)C(=O)C3CCCCC3)n2)CC1. The topological polar surface area (TPSA) is 104 Å². The van der Waals surface area contributed by atoms with E-state index in [4.69, 9.17) is 9.47 Å². The molecular formula is C29H41N5O5S. The molecule has 1 aromatic heterocycles. The Hall–Kier alpha value is -3.18. The molecule has 2 aliphatic rings. The van der Waals surface area contributed by atoms with Crippen LogP contribution in [0.4, 0.5) is 10.8 Å². The maximum Gasteiger partial charge on any atom is 0.245 e. The number of thiazole rings is 1. The molecule has 1 saturated carbocycles. The molecular weight excluding hydrogens is 530 g/mol. The summed E-state index contributed by atoms with van der Waals surface area (Å²) in [6, 6.07) is 7.99. The number of hydrogen-bond acceptors (Lipinski definition) is 8. The molecule has 40 heavy (non-hydrogen) atoms. The van der Waals surface area contributed by atoms with E-state index >= 15 is 0 Å². The van der Waals surface area contributed by atoms with Gasteiger partial charge in [0.05, 0.1) is 31.0 Å². The quantitative estimate of drug-likeness (QED) is 0.416. The van der Waals surface area contributed by atoms with Gasteiger partial charge in [0.2, 0.25) is 17.7 Å². The number of hydrogen-bond donors (Lipinski definition) is 1. The molecule has 3 amide bonds. The van der Waals surface area contributed by atoms with Gasteiger partial charge in [0.1, 0.15) is 12.3 Å². The van der Waals surface area contributed by atoms with Gasteiger partial charge in [-0.15, -0.1) is 11.3 Å². The van der Waals surface area contributed by atoms with Crippen molar-refractivity contribution < 1.29 is 23.9 Å². The summed E-state index contributed by atoms with van der Waals surface area (Å²) in [4.78, 5) is 49.0. The summed E-state index contributed by atoms with van der Waals surface area (Å²) >= 11 is 1.29. The van der Waals surface area contributed by atoms with E-state index in [0.717, 1.165) is 56.6 Å². The standard InChI is InChI=1S/C29H41N5O5S/c1-3-39-25-12-8-7-11-24(25)32-13-15-33(16-14-32)27(36)19-23-21-40-29(30-23)31-26(35)20-34(17-18-38-2)28(37)22-9-5-4-6-10-22/h7-8,11-12,21-22H,3-6,9-10,13-20H2,1-2H3,(H,30,31,35). The fraction of sp³-hybridized carbons (Fsp3) is 0.586. The number of para-hydroxylation sites is 2. The molecule has 4 rings (SSSR count). The molecule has 0 atom stereocenters. The molecule has 0 radical (unpaired) electrons. The first-order valence-electron chi connectivity index (χ1n) is 14.2. The lowest BCUT2D eigenvalue weighted by Crippen LogP contribution is -2.49. The Kier molecular flexibility index (Phi) is 11.2. The number of amides is 3. The van der Waals surface area contributed by atoms with E-state index in [1.54, 1.807) is 17.4 Å². The summed E-state index contributed by atoms with van der Waals surface area (Å²) in [7, 11) is 1.59. The van der Waals surface area contributed by atoms with Gasteiger partial charge in [-0.2, -0.15) is 0 Å². The summed E-state index contributed by atoms with van der Waals surface area (Å²) in [5.41, 5.74) is 1.68. The third-order valence-corrected chi connectivity index (χ3v) is 8.24. The highest BCUT2D eigenvalue weighted by Crippen LogP contribution is 2.29. The molecule has 10 nitrogen and oxygen atoms in total. The zero-order chi connectivity index (χ0) is 28.3. The number of benzene rings is 1. The van der Waals surface area contributed by atoms with Crippen LogP contribution in [0.3, 0.4) is 0 Å². The van der Waals surface area contributed by atoms with Gasteiger partial charge in [-0.05, 0) is 31.9 Å². The van der Waals surface area contributed by atoms with Gasteiger partial charge in [-0.25, -0.2) is 4.98 Å². The van der Waals surface area contributed by atoms with Crippen molar-refractivity contribution in [3.05, 3.63) is 35.3 Å². The summed E-state index contributed by atoms with van der Waals surface area (Å²) < 4.78 is 10.9. The van der Waals surface area contributed by atoms with E-state index in [2.05, 4.69) is 21.3 Å². The number of ether oxygens (including phenoxy) is 2. The molecule has 2 fully saturated rings. The molecule has 0 unspecified atom stereocenters. The number of piperazine rings is 1. The second-order valence-electron chi connectivity index (χ2n) is 10.2. The van der Waals surface area contributed by atoms with E-state index < -0.39 is 0 Å². The second kappa shape index (κ2) is 15.0. The van der Waals surface area contributed by atoms with E-state index in [1.807, 2.05) is 30.0 Å². The first-order chi connectivity index (χ1) is 19.5.